The summed E-state index contributed by atoms with van der Waals surface area (Å²) >= 11 is 1.43. The van der Waals surface area contributed by atoms with E-state index in [1.54, 1.807) is 18.5 Å². The lowest BCUT2D eigenvalue weighted by Gasteiger charge is -2.44. The number of carbonyl (C=O) groups excluding carboxylic acids is 1. The zero-order valence-electron chi connectivity index (χ0n) is 13.6. The summed E-state index contributed by atoms with van der Waals surface area (Å²) < 4.78 is 1.45. The van der Waals surface area contributed by atoms with Crippen LogP contribution in [0.5, 0.6) is 0 Å². The van der Waals surface area contributed by atoms with Gasteiger partial charge in [0.15, 0.2) is 5.13 Å². The molecule has 0 aliphatic carbocycles. The first-order chi connectivity index (χ1) is 11.6. The fourth-order valence-electron chi connectivity index (χ4n) is 3.61. The van der Waals surface area contributed by atoms with Gasteiger partial charge in [-0.1, -0.05) is 0 Å². The highest BCUT2D eigenvalue weighted by molar-refractivity contribution is 7.13. The third-order valence-electron chi connectivity index (χ3n) is 4.96. The van der Waals surface area contributed by atoms with Gasteiger partial charge in [-0.05, 0) is 44.8 Å². The zero-order valence-corrected chi connectivity index (χ0v) is 14.4. The Morgan fingerprint density at radius 1 is 1.33 bits per heavy atom. The lowest BCUT2D eigenvalue weighted by atomic mass is 9.84. The Hall–Kier alpha value is -1.99. The van der Waals surface area contributed by atoms with Crippen molar-refractivity contribution in [3.63, 3.8) is 0 Å². The summed E-state index contributed by atoms with van der Waals surface area (Å²) in [7, 11) is 0. The van der Waals surface area contributed by atoms with E-state index in [-0.39, 0.29) is 17.5 Å². The molecule has 0 saturated carbocycles. The first kappa shape index (κ1) is 15.5. The third-order valence-corrected chi connectivity index (χ3v) is 5.87. The minimum absolute atomic E-state index is 0.115. The van der Waals surface area contributed by atoms with Gasteiger partial charge >= 0.3 is 0 Å². The number of carbonyl (C=O) groups is 1. The number of pyridine rings is 1. The van der Waals surface area contributed by atoms with Crippen LogP contribution in [0.4, 0.5) is 0 Å². The maximum Gasteiger partial charge on any atom is 0.256 e. The molecule has 2 aromatic rings. The molecule has 5 heterocycles. The summed E-state index contributed by atoms with van der Waals surface area (Å²) in [5, 5.41) is 3.75. The lowest BCUT2D eigenvalue weighted by molar-refractivity contribution is 0.0620. The van der Waals surface area contributed by atoms with Crippen LogP contribution in [-0.2, 0) is 0 Å². The topological polar surface area (TPSA) is 67.2 Å². The highest BCUT2D eigenvalue weighted by Crippen LogP contribution is 2.27. The molecule has 7 heteroatoms. The second kappa shape index (κ2) is 6.14. The van der Waals surface area contributed by atoms with Crippen LogP contribution in [0.15, 0.2) is 29.3 Å². The Morgan fingerprint density at radius 2 is 2.12 bits per heavy atom. The van der Waals surface area contributed by atoms with Crippen LogP contribution in [0, 0.1) is 12.8 Å². The van der Waals surface area contributed by atoms with Crippen LogP contribution >= 0.6 is 11.3 Å². The van der Waals surface area contributed by atoms with E-state index in [1.807, 2.05) is 6.92 Å². The van der Waals surface area contributed by atoms with E-state index in [2.05, 4.69) is 15.2 Å². The van der Waals surface area contributed by atoms with Gasteiger partial charge in [0.2, 0.25) is 0 Å². The van der Waals surface area contributed by atoms with E-state index in [1.165, 1.54) is 22.0 Å². The molecular formula is C17H20N4O2S. The first-order valence-electron chi connectivity index (χ1n) is 8.29. The van der Waals surface area contributed by atoms with Gasteiger partial charge in [0.1, 0.15) is 0 Å². The molecule has 2 aromatic heterocycles. The Labute approximate surface area is 144 Å². The molecule has 0 aromatic carbocycles. The van der Waals surface area contributed by atoms with Gasteiger partial charge in [0.05, 0.1) is 5.56 Å². The quantitative estimate of drug-likeness (QED) is 0.915. The minimum atomic E-state index is -0.177. The van der Waals surface area contributed by atoms with Crippen molar-refractivity contribution in [3.05, 3.63) is 45.3 Å². The molecule has 0 radical (unpaired) electrons. The normalized spacial score (nSPS) is 25.6. The molecular weight excluding hydrogens is 324 g/mol. The smallest absolute Gasteiger partial charge is 0.256 e. The summed E-state index contributed by atoms with van der Waals surface area (Å²) in [6.45, 7) is 5.16. The number of fused-ring (bicyclic) bond motifs is 3. The van der Waals surface area contributed by atoms with Crippen molar-refractivity contribution in [2.24, 2.45) is 5.92 Å². The average Bonchev–Trinajstić information content (AvgIpc) is 3.02. The molecule has 5 rings (SSSR count). The first-order valence-corrected chi connectivity index (χ1v) is 9.10. The van der Waals surface area contributed by atoms with Gasteiger partial charge in [-0.25, -0.2) is 4.98 Å². The monoisotopic (exact) mass is 344 g/mol. The average molecular weight is 344 g/mol. The molecule has 1 unspecified atom stereocenters. The molecule has 3 aliphatic heterocycles. The molecule has 6 nitrogen and oxygen atoms in total. The number of hydrogen-bond acceptors (Lipinski definition) is 5. The summed E-state index contributed by atoms with van der Waals surface area (Å²) in [6.07, 6.45) is 5.63. The van der Waals surface area contributed by atoms with Gasteiger partial charge in [-0.3, -0.25) is 14.2 Å². The molecule has 1 N–H and O–H groups in total. The van der Waals surface area contributed by atoms with Crippen LogP contribution in [0.3, 0.4) is 0 Å². The van der Waals surface area contributed by atoms with Crippen LogP contribution < -0.4 is 10.9 Å². The highest BCUT2D eigenvalue weighted by Gasteiger charge is 2.35. The molecule has 1 atom stereocenters. The van der Waals surface area contributed by atoms with E-state index in [0.717, 1.165) is 37.4 Å². The standard InChI is InChI=1S/C17H20N4O2S/c1-11-8-18-17(24-11)21-9-13(2-3-15(21)22)16(23)19-14-10-20-6-4-12(14)5-7-20/h2-3,8-9,12,14H,4-7,10H2,1H3,(H,19,23). The lowest BCUT2D eigenvalue weighted by Crippen LogP contribution is -2.57. The summed E-state index contributed by atoms with van der Waals surface area (Å²) in [5.74, 6) is 0.460. The Bertz CT molecular complexity index is 820. The number of hydrogen-bond donors (Lipinski definition) is 1. The van der Waals surface area contributed by atoms with Gasteiger partial charge in [0, 0.05) is 35.9 Å². The largest absolute Gasteiger partial charge is 0.348 e. The van der Waals surface area contributed by atoms with Crippen molar-refractivity contribution in [1.29, 1.82) is 0 Å². The maximum atomic E-state index is 12.6. The fraction of sp³-hybridized carbons (Fsp3) is 0.471. The van der Waals surface area contributed by atoms with Gasteiger partial charge in [-0.15, -0.1) is 11.3 Å². The Balaban J connectivity index is 1.55. The van der Waals surface area contributed by atoms with E-state index < -0.39 is 0 Å². The molecule has 24 heavy (non-hydrogen) atoms. The third kappa shape index (κ3) is 2.89. The predicted molar refractivity (Wildman–Crippen MR) is 92.9 cm³/mol. The number of aromatic nitrogens is 2. The van der Waals surface area contributed by atoms with Gasteiger partial charge < -0.3 is 10.2 Å². The number of piperidine rings is 3. The van der Waals surface area contributed by atoms with Crippen molar-refractivity contribution in [2.45, 2.75) is 25.8 Å². The van der Waals surface area contributed by atoms with E-state index >= 15 is 0 Å². The molecule has 3 saturated heterocycles. The Morgan fingerprint density at radius 3 is 2.75 bits per heavy atom. The minimum Gasteiger partial charge on any atom is -0.348 e. The molecule has 1 amide bonds. The highest BCUT2D eigenvalue weighted by atomic mass is 32.1. The van der Waals surface area contributed by atoms with Crippen LogP contribution in [0.2, 0.25) is 0 Å². The van der Waals surface area contributed by atoms with Crippen LogP contribution in [0.1, 0.15) is 28.1 Å². The SMILES string of the molecule is Cc1cnc(-n2cc(C(=O)NC3CN4CCC3CC4)ccc2=O)s1. The predicted octanol–water partition coefficient (Wildman–Crippen LogP) is 1.43. The molecule has 3 aliphatic rings. The number of thiazole rings is 1. The summed E-state index contributed by atoms with van der Waals surface area (Å²) in [4.78, 5) is 32.4. The van der Waals surface area contributed by atoms with E-state index in [0.29, 0.717) is 16.6 Å². The summed E-state index contributed by atoms with van der Waals surface area (Å²) in [6, 6.07) is 3.24. The fourth-order valence-corrected chi connectivity index (χ4v) is 4.35. The second-order valence-corrected chi connectivity index (χ2v) is 7.81. The summed E-state index contributed by atoms with van der Waals surface area (Å²) in [5.41, 5.74) is 0.322. The number of rotatable bonds is 3. The van der Waals surface area contributed by atoms with Crippen LogP contribution in [-0.4, -0.2) is 46.0 Å². The molecule has 0 spiro atoms. The van der Waals surface area contributed by atoms with E-state index in [4.69, 9.17) is 0 Å². The number of nitrogens with zero attached hydrogens (tertiary/aromatic N) is 3. The van der Waals surface area contributed by atoms with Crippen molar-refractivity contribution in [1.82, 2.24) is 19.8 Å². The molecule has 2 bridgehead atoms. The van der Waals surface area contributed by atoms with Gasteiger partial charge in [-0.2, -0.15) is 0 Å². The van der Waals surface area contributed by atoms with Crippen molar-refractivity contribution < 1.29 is 4.79 Å². The number of aryl methyl sites for hydroxylation is 1. The van der Waals surface area contributed by atoms with E-state index in [9.17, 15) is 9.59 Å². The maximum absolute atomic E-state index is 12.6. The van der Waals surface area contributed by atoms with Crippen molar-refractivity contribution in [2.75, 3.05) is 19.6 Å². The number of amides is 1. The second-order valence-electron chi connectivity index (χ2n) is 6.60. The molecule has 3 fully saturated rings. The zero-order chi connectivity index (χ0) is 16.7. The van der Waals surface area contributed by atoms with Crippen molar-refractivity contribution >= 4 is 17.2 Å². The van der Waals surface area contributed by atoms with Crippen molar-refractivity contribution in [3.8, 4) is 5.13 Å². The Kier molecular flexibility index (Phi) is 3.97. The molecule has 126 valence electrons. The van der Waals surface area contributed by atoms with Crippen LogP contribution in [0.25, 0.3) is 5.13 Å². The van der Waals surface area contributed by atoms with Gasteiger partial charge in [0.25, 0.3) is 11.5 Å². The number of nitrogens with one attached hydrogen (secondary N) is 1.